The van der Waals surface area contributed by atoms with E-state index in [0.29, 0.717) is 6.54 Å². The Morgan fingerprint density at radius 1 is 1.60 bits per heavy atom. The van der Waals surface area contributed by atoms with Crippen LogP contribution in [-0.2, 0) is 4.74 Å². The smallest absolute Gasteiger partial charge is 0.282 e. The van der Waals surface area contributed by atoms with E-state index < -0.39 is 16.9 Å². The highest BCUT2D eigenvalue weighted by Crippen LogP contribution is 2.24. The molecule has 108 valence electrons. The molecule has 1 atom stereocenters. The molecule has 1 unspecified atom stereocenters. The Hall–Kier alpha value is -1.70. The summed E-state index contributed by atoms with van der Waals surface area (Å²) in [5.41, 5.74) is -0.340. The zero-order chi connectivity index (χ0) is 14.7. The van der Waals surface area contributed by atoms with E-state index in [1.807, 2.05) is 0 Å². The Morgan fingerprint density at radius 3 is 3.00 bits per heavy atom. The number of nitrogens with zero attached hydrogens (tertiary/aromatic N) is 2. The lowest BCUT2D eigenvalue weighted by atomic mass is 10.1. The summed E-state index contributed by atoms with van der Waals surface area (Å²) in [6, 6.07) is 3.86. The molecule has 0 spiro atoms. The number of nitro benzene ring substituents is 1. The molecule has 8 heteroatoms. The Labute approximate surface area is 119 Å². The number of amides is 1. The molecular weight excluding hydrogens is 288 g/mol. The van der Waals surface area contributed by atoms with Gasteiger partial charge < -0.3 is 14.7 Å². The Kier molecular flexibility index (Phi) is 4.53. The molecule has 0 aromatic heterocycles. The van der Waals surface area contributed by atoms with Gasteiger partial charge in [0.05, 0.1) is 24.2 Å². The van der Waals surface area contributed by atoms with Gasteiger partial charge in [-0.25, -0.2) is 0 Å². The first-order chi connectivity index (χ1) is 9.52. The number of ether oxygens (including phenoxy) is 1. The minimum Gasteiger partial charge on any atom is -0.394 e. The molecule has 1 saturated heterocycles. The van der Waals surface area contributed by atoms with Crippen molar-refractivity contribution in [1.82, 2.24) is 4.90 Å². The predicted octanol–water partition coefficient (Wildman–Crippen LogP) is 1.08. The van der Waals surface area contributed by atoms with Crippen LogP contribution in [0.4, 0.5) is 5.69 Å². The van der Waals surface area contributed by atoms with Crippen molar-refractivity contribution in [1.29, 1.82) is 0 Å². The third-order valence-electron chi connectivity index (χ3n) is 3.02. The fraction of sp³-hybridized carbons (Fsp3) is 0.417. The topological polar surface area (TPSA) is 92.9 Å². The molecule has 0 aliphatic carbocycles. The van der Waals surface area contributed by atoms with Gasteiger partial charge >= 0.3 is 0 Å². The maximum Gasteiger partial charge on any atom is 0.282 e. The molecule has 0 radical (unpaired) electrons. The fourth-order valence-electron chi connectivity index (χ4n) is 2.02. The number of carbonyl (C=O) groups is 1. The molecular formula is C12H13ClN2O5. The van der Waals surface area contributed by atoms with Crippen molar-refractivity contribution in [3.63, 3.8) is 0 Å². The molecule has 7 nitrogen and oxygen atoms in total. The van der Waals surface area contributed by atoms with Gasteiger partial charge in [0.1, 0.15) is 5.56 Å². The summed E-state index contributed by atoms with van der Waals surface area (Å²) in [5.74, 6) is -0.485. The lowest BCUT2D eigenvalue weighted by Crippen LogP contribution is -2.47. The van der Waals surface area contributed by atoms with Gasteiger partial charge in [0.2, 0.25) is 0 Å². The van der Waals surface area contributed by atoms with E-state index in [-0.39, 0.29) is 36.0 Å². The summed E-state index contributed by atoms with van der Waals surface area (Å²) < 4.78 is 5.24. The van der Waals surface area contributed by atoms with E-state index in [4.69, 9.17) is 21.4 Å². The van der Waals surface area contributed by atoms with Crippen LogP contribution in [-0.4, -0.2) is 53.2 Å². The highest BCUT2D eigenvalue weighted by Gasteiger charge is 2.29. The molecule has 20 heavy (non-hydrogen) atoms. The van der Waals surface area contributed by atoms with Crippen molar-refractivity contribution in [3.8, 4) is 0 Å². The standard InChI is InChI=1S/C12H13ClN2O5/c13-8-1-2-11(15(18)19)10(5-8)12(17)14-3-4-20-9(6-14)7-16/h1-2,5,9,16H,3-4,6-7H2. The molecule has 1 aliphatic rings. The maximum atomic E-state index is 12.4. The Morgan fingerprint density at radius 2 is 2.35 bits per heavy atom. The van der Waals surface area contributed by atoms with E-state index >= 15 is 0 Å². The highest BCUT2D eigenvalue weighted by molar-refractivity contribution is 6.31. The van der Waals surface area contributed by atoms with Crippen molar-refractivity contribution in [2.24, 2.45) is 0 Å². The molecule has 1 N–H and O–H groups in total. The molecule has 0 bridgehead atoms. The van der Waals surface area contributed by atoms with Crippen LogP contribution in [0, 0.1) is 10.1 Å². The third kappa shape index (κ3) is 3.06. The van der Waals surface area contributed by atoms with E-state index in [2.05, 4.69) is 0 Å². The monoisotopic (exact) mass is 300 g/mol. The molecule has 1 heterocycles. The van der Waals surface area contributed by atoms with E-state index in [1.54, 1.807) is 0 Å². The quantitative estimate of drug-likeness (QED) is 0.666. The van der Waals surface area contributed by atoms with Gasteiger partial charge in [0.15, 0.2) is 0 Å². The molecule has 1 fully saturated rings. The van der Waals surface area contributed by atoms with Gasteiger partial charge in [-0.15, -0.1) is 0 Å². The van der Waals surface area contributed by atoms with Crippen LogP contribution in [0.25, 0.3) is 0 Å². The number of rotatable bonds is 3. The molecule has 1 aromatic rings. The van der Waals surface area contributed by atoms with Gasteiger partial charge in [-0.3, -0.25) is 14.9 Å². The Balaban J connectivity index is 2.28. The van der Waals surface area contributed by atoms with E-state index in [1.165, 1.54) is 23.1 Å². The third-order valence-corrected chi connectivity index (χ3v) is 3.25. The van der Waals surface area contributed by atoms with Gasteiger partial charge in [0.25, 0.3) is 11.6 Å². The second-order valence-corrected chi connectivity index (χ2v) is 4.78. The summed E-state index contributed by atoms with van der Waals surface area (Å²) >= 11 is 5.80. The van der Waals surface area contributed by atoms with Crippen molar-refractivity contribution >= 4 is 23.2 Å². The van der Waals surface area contributed by atoms with Crippen molar-refractivity contribution in [2.45, 2.75) is 6.10 Å². The average molecular weight is 301 g/mol. The largest absolute Gasteiger partial charge is 0.394 e. The normalized spacial score (nSPS) is 18.9. The number of hydrogen-bond acceptors (Lipinski definition) is 5. The molecule has 0 saturated carbocycles. The first-order valence-electron chi connectivity index (χ1n) is 5.98. The van der Waals surface area contributed by atoms with Gasteiger partial charge in [-0.2, -0.15) is 0 Å². The van der Waals surface area contributed by atoms with Crippen LogP contribution in [0.1, 0.15) is 10.4 Å². The maximum absolute atomic E-state index is 12.4. The van der Waals surface area contributed by atoms with E-state index in [9.17, 15) is 14.9 Å². The zero-order valence-electron chi connectivity index (χ0n) is 10.5. The van der Waals surface area contributed by atoms with E-state index in [0.717, 1.165) is 0 Å². The first kappa shape index (κ1) is 14.7. The average Bonchev–Trinajstić information content (AvgIpc) is 2.46. The number of aliphatic hydroxyl groups excluding tert-OH is 1. The summed E-state index contributed by atoms with van der Waals surface area (Å²) in [6.07, 6.45) is -0.467. The zero-order valence-corrected chi connectivity index (χ0v) is 11.2. The number of halogens is 1. The van der Waals surface area contributed by atoms with Crippen molar-refractivity contribution < 1.29 is 19.6 Å². The van der Waals surface area contributed by atoms with Crippen LogP contribution in [0.2, 0.25) is 5.02 Å². The summed E-state index contributed by atoms with van der Waals surface area (Å²) in [4.78, 5) is 24.1. The number of benzene rings is 1. The second kappa shape index (κ2) is 6.17. The second-order valence-electron chi connectivity index (χ2n) is 4.35. The highest BCUT2D eigenvalue weighted by atomic mass is 35.5. The number of carbonyl (C=O) groups excluding carboxylic acids is 1. The minimum atomic E-state index is -0.618. The number of hydrogen-bond donors (Lipinski definition) is 1. The lowest BCUT2D eigenvalue weighted by molar-refractivity contribution is -0.385. The molecule has 1 amide bonds. The first-order valence-corrected chi connectivity index (χ1v) is 6.36. The minimum absolute atomic E-state index is 0.0545. The Bertz CT molecular complexity index is 537. The van der Waals surface area contributed by atoms with Crippen LogP contribution < -0.4 is 0 Å². The van der Waals surface area contributed by atoms with Gasteiger partial charge in [-0.05, 0) is 12.1 Å². The summed E-state index contributed by atoms with van der Waals surface area (Å²) in [7, 11) is 0. The fourth-order valence-corrected chi connectivity index (χ4v) is 2.20. The van der Waals surface area contributed by atoms with Crippen LogP contribution in [0.3, 0.4) is 0 Å². The molecule has 2 rings (SSSR count). The van der Waals surface area contributed by atoms with Crippen LogP contribution >= 0.6 is 11.6 Å². The van der Waals surface area contributed by atoms with Crippen LogP contribution in [0.15, 0.2) is 18.2 Å². The molecule has 1 aliphatic heterocycles. The van der Waals surface area contributed by atoms with Crippen LogP contribution in [0.5, 0.6) is 0 Å². The summed E-state index contributed by atoms with van der Waals surface area (Å²) in [5, 5.41) is 20.3. The predicted molar refractivity (Wildman–Crippen MR) is 70.8 cm³/mol. The SMILES string of the molecule is O=C(c1cc(Cl)ccc1[N+](=O)[O-])N1CCOC(CO)C1. The lowest BCUT2D eigenvalue weighted by Gasteiger charge is -2.32. The number of nitro groups is 1. The number of aliphatic hydroxyl groups is 1. The van der Waals surface area contributed by atoms with Crippen molar-refractivity contribution in [2.75, 3.05) is 26.3 Å². The van der Waals surface area contributed by atoms with Crippen molar-refractivity contribution in [3.05, 3.63) is 38.9 Å². The number of morpholine rings is 1. The van der Waals surface area contributed by atoms with Gasteiger partial charge in [-0.1, -0.05) is 11.6 Å². The van der Waals surface area contributed by atoms with Gasteiger partial charge in [0, 0.05) is 24.2 Å². The summed E-state index contributed by atoms with van der Waals surface area (Å²) in [6.45, 7) is 0.588. The molecule has 1 aromatic carbocycles.